The third-order valence-electron chi connectivity index (χ3n) is 23.3. The second kappa shape index (κ2) is 30.2. The Morgan fingerprint density at radius 1 is 0.216 bits per heavy atom. The molecule has 0 amide bonds. The first kappa shape index (κ1) is 73.6. The third kappa shape index (κ3) is 12.6. The van der Waals surface area contributed by atoms with E-state index in [4.69, 9.17) is 36.5 Å². The second-order valence-electron chi connectivity index (χ2n) is 30.5. The highest BCUT2D eigenvalue weighted by Crippen LogP contribution is 2.42. The fourth-order valence-electron chi connectivity index (χ4n) is 17.5. The molecule has 584 valence electrons. The highest BCUT2D eigenvalue weighted by Gasteiger charge is 2.25. The van der Waals surface area contributed by atoms with E-state index in [1.807, 2.05) is 273 Å². The van der Waals surface area contributed by atoms with Crippen LogP contribution in [0.5, 0.6) is 0 Å². The number of fused-ring (bicyclic) bond motifs is 15. The van der Waals surface area contributed by atoms with E-state index < -0.39 is 22.2 Å². The first-order valence-electron chi connectivity index (χ1n) is 40.6. The lowest BCUT2D eigenvalue weighted by molar-refractivity contribution is 0.975. The predicted octanol–water partition coefficient (Wildman–Crippen LogP) is 23.1. The SMILES string of the molecule is N#Cc1cccc(-n2c(=O)c3cc4c(cc3c3cc5c(cc3c2=O)c2ccccc2n5-c2ccc(-c3nc(-c5ccccc5)nc(-c5ccccc5)n3)cc2)c2ccccc2n4-c2ccccc2)c1.[C-]#[N+]c1ccc(-n2c3ccccc3c3cc4c(=O)n(-c5ccc(-c6nc(-c7ccccc7)nc(-c7ccccc7)n6)cc5)c(=O)c5ccccc5c4cc32)cc1. The molecule has 23 aromatic rings. The van der Waals surface area contributed by atoms with E-state index in [0.29, 0.717) is 106 Å². The summed E-state index contributed by atoms with van der Waals surface area (Å²) < 4.78 is 9.00. The summed E-state index contributed by atoms with van der Waals surface area (Å²) in [4.78, 5) is 92.8. The first-order valence-corrected chi connectivity index (χ1v) is 40.6. The third-order valence-corrected chi connectivity index (χ3v) is 23.3. The monoisotopic (exact) mass is 1610 g/mol. The van der Waals surface area contributed by atoms with Crippen molar-refractivity contribution >= 4 is 114 Å². The average molecular weight is 1610 g/mol. The van der Waals surface area contributed by atoms with Gasteiger partial charge < -0.3 is 13.7 Å². The number of rotatable bonds is 11. The first-order chi connectivity index (χ1) is 61.6. The molecule has 0 unspecified atom stereocenters. The summed E-state index contributed by atoms with van der Waals surface area (Å²) in [6.45, 7) is 7.43. The van der Waals surface area contributed by atoms with E-state index >= 15 is 9.59 Å². The molecule has 7 aromatic heterocycles. The number of nitrogens with zero attached hydrogens (tertiary/aromatic N) is 13. The lowest BCUT2D eigenvalue weighted by Crippen LogP contribution is -2.28. The van der Waals surface area contributed by atoms with Gasteiger partial charge in [0.1, 0.15) is 0 Å². The molecule has 0 saturated heterocycles. The Labute approximate surface area is 711 Å². The van der Waals surface area contributed by atoms with Crippen molar-refractivity contribution in [3.63, 3.8) is 0 Å². The zero-order valence-electron chi connectivity index (χ0n) is 66.3. The van der Waals surface area contributed by atoms with Gasteiger partial charge in [-0.15, -0.1) is 0 Å². The van der Waals surface area contributed by atoms with Crippen molar-refractivity contribution < 1.29 is 0 Å². The molecular weight excluding hydrogens is 1540 g/mol. The summed E-state index contributed by atoms with van der Waals surface area (Å²) in [5.74, 6) is 3.26. The Morgan fingerprint density at radius 3 is 0.880 bits per heavy atom. The van der Waals surface area contributed by atoms with Crippen molar-refractivity contribution in [2.45, 2.75) is 0 Å². The van der Waals surface area contributed by atoms with Gasteiger partial charge in [-0.2, -0.15) is 5.26 Å². The van der Waals surface area contributed by atoms with Crippen LogP contribution in [0.4, 0.5) is 5.69 Å². The highest BCUT2D eigenvalue weighted by atomic mass is 16.2. The molecule has 0 bridgehead atoms. The van der Waals surface area contributed by atoms with E-state index in [2.05, 4.69) is 79.2 Å². The van der Waals surface area contributed by atoms with Gasteiger partial charge in [-0.05, 0) is 173 Å². The van der Waals surface area contributed by atoms with Gasteiger partial charge in [-0.1, -0.05) is 231 Å². The summed E-state index contributed by atoms with van der Waals surface area (Å²) in [6, 6.07) is 125. The number of benzene rings is 16. The maximum atomic E-state index is 15.3. The normalized spacial score (nSPS) is 11.5. The lowest BCUT2D eigenvalue weighted by atomic mass is 10.0. The van der Waals surface area contributed by atoms with Gasteiger partial charge in [-0.25, -0.2) is 43.9 Å². The molecule has 16 aromatic carbocycles. The van der Waals surface area contributed by atoms with Crippen LogP contribution in [0, 0.1) is 17.9 Å². The minimum absolute atomic E-state index is 0.319. The van der Waals surface area contributed by atoms with Crippen molar-refractivity contribution in [2.75, 3.05) is 0 Å². The van der Waals surface area contributed by atoms with Crippen LogP contribution in [0.2, 0.25) is 0 Å². The topological polar surface area (TPSA) is 198 Å². The van der Waals surface area contributed by atoms with Crippen LogP contribution in [0.15, 0.2) is 401 Å². The summed E-state index contributed by atoms with van der Waals surface area (Å²) in [5, 5.41) is 19.7. The molecule has 0 spiro atoms. The Morgan fingerprint density at radius 2 is 0.488 bits per heavy atom. The van der Waals surface area contributed by atoms with E-state index in [0.717, 1.165) is 110 Å². The van der Waals surface area contributed by atoms with Crippen molar-refractivity contribution in [3.05, 3.63) is 441 Å². The van der Waals surface area contributed by atoms with Gasteiger partial charge in [0.15, 0.2) is 40.6 Å². The smallest absolute Gasteiger partial charge is 0.266 e. The van der Waals surface area contributed by atoms with Gasteiger partial charge >= 0.3 is 0 Å². The van der Waals surface area contributed by atoms with Crippen molar-refractivity contribution in [3.8, 4) is 103 Å². The fourth-order valence-corrected chi connectivity index (χ4v) is 17.5. The number of nitriles is 1. The quantitative estimate of drug-likeness (QED) is 0.112. The maximum Gasteiger partial charge on any atom is 0.266 e. The summed E-state index contributed by atoms with van der Waals surface area (Å²) in [7, 11) is 0. The van der Waals surface area contributed by atoms with Gasteiger partial charge in [0.2, 0.25) is 0 Å². The Kier molecular flexibility index (Phi) is 17.8. The molecule has 0 aliphatic carbocycles. The van der Waals surface area contributed by atoms with Crippen LogP contribution >= 0.6 is 0 Å². The van der Waals surface area contributed by atoms with Crippen molar-refractivity contribution in [2.24, 2.45) is 0 Å². The van der Waals surface area contributed by atoms with Crippen LogP contribution in [0.25, 0.3) is 210 Å². The van der Waals surface area contributed by atoms with Crippen LogP contribution in [0.1, 0.15) is 5.56 Å². The minimum Gasteiger partial charge on any atom is -0.309 e. The van der Waals surface area contributed by atoms with Gasteiger partial charge in [0, 0.05) is 98.9 Å². The molecule has 0 aliphatic rings. The second-order valence-corrected chi connectivity index (χ2v) is 30.5. The molecule has 0 radical (unpaired) electrons. The van der Waals surface area contributed by atoms with Gasteiger partial charge in [0.05, 0.1) is 68.1 Å². The van der Waals surface area contributed by atoms with Crippen LogP contribution in [-0.4, -0.2) is 52.7 Å². The highest BCUT2D eigenvalue weighted by molar-refractivity contribution is 6.22. The summed E-state index contributed by atoms with van der Waals surface area (Å²) in [6.07, 6.45) is 0. The summed E-state index contributed by atoms with van der Waals surface area (Å²) >= 11 is 0. The van der Waals surface area contributed by atoms with Crippen molar-refractivity contribution in [1.82, 2.24) is 52.7 Å². The number of para-hydroxylation sites is 4. The molecule has 23 rings (SSSR count). The average Bonchev–Trinajstić information content (AvgIpc) is 1.55. The molecule has 7 heterocycles. The molecule has 0 aliphatic heterocycles. The standard InChI is InChI=1S/C60H35N7O2.C48H28N6O2/c61-36-37-15-14-22-43(31-37)67-59(68)50-33-49-45-24-11-13-26-53(45)66(42-29-27-40(28-30-42)58-63-56(38-16-4-1-5-17-38)62-57(64-58)39-18-6-2-7-19-39)54(49)34-47(50)46-32-48-44-23-10-12-25-52(44)65(41-20-8-3-9-21-41)55(48)35-51(46)60(67)69;1-49-33-22-26-34(27-23-33)53-42-19-11-10-17-37(42)40-28-41-39(29-43(40)53)36-16-8-9-18-38(36)47(55)54(48(41)56)35-24-20-32(21-25-35)46-51-44(30-12-4-2-5-13-30)50-45(52-46)31-14-6-3-7-15-31/h1-35H;2-29H. The number of hydrogen-bond donors (Lipinski definition) is 0. The van der Waals surface area contributed by atoms with Gasteiger partial charge in [-0.3, -0.25) is 19.2 Å². The Bertz CT molecular complexity index is 8640. The Balaban J connectivity index is 0.000000152. The molecule has 0 saturated carbocycles. The molecule has 0 fully saturated rings. The van der Waals surface area contributed by atoms with Crippen LogP contribution in [0.3, 0.4) is 0 Å². The largest absolute Gasteiger partial charge is 0.309 e. The van der Waals surface area contributed by atoms with E-state index in [1.54, 1.807) is 54.6 Å². The molecule has 0 atom stereocenters. The predicted molar refractivity (Wildman–Crippen MR) is 500 cm³/mol. The maximum absolute atomic E-state index is 15.3. The van der Waals surface area contributed by atoms with Gasteiger partial charge in [0.25, 0.3) is 22.2 Å². The molecule has 125 heavy (non-hydrogen) atoms. The Hall–Kier alpha value is -17.8. The summed E-state index contributed by atoms with van der Waals surface area (Å²) in [5.41, 5.74) is 13.1. The number of aromatic nitrogens is 11. The van der Waals surface area contributed by atoms with E-state index in [9.17, 15) is 14.9 Å². The minimum atomic E-state index is -0.481. The molecule has 17 heteroatoms. The van der Waals surface area contributed by atoms with Crippen LogP contribution in [-0.2, 0) is 0 Å². The van der Waals surface area contributed by atoms with E-state index in [1.165, 1.54) is 9.13 Å². The fraction of sp³-hybridized carbons (Fsp3) is 0. The van der Waals surface area contributed by atoms with Crippen LogP contribution < -0.4 is 22.2 Å². The van der Waals surface area contributed by atoms with Crippen molar-refractivity contribution in [1.29, 1.82) is 5.26 Å². The molecule has 17 nitrogen and oxygen atoms in total. The molecular formula is C108H63N13O4. The lowest BCUT2D eigenvalue weighted by Gasteiger charge is -2.11. The molecule has 0 N–H and O–H groups in total. The zero-order chi connectivity index (χ0) is 83.9. The number of hydrogen-bond acceptors (Lipinski definition) is 11. The zero-order valence-corrected chi connectivity index (χ0v) is 66.3. The van der Waals surface area contributed by atoms with E-state index in [-0.39, 0.29) is 0 Å².